The van der Waals surface area contributed by atoms with Crippen molar-refractivity contribution in [2.75, 3.05) is 13.7 Å². The average Bonchev–Trinajstić information content (AvgIpc) is 3.50. The first-order chi connectivity index (χ1) is 22.2. The fourth-order valence-electron chi connectivity index (χ4n) is 6.08. The molecule has 236 valence electrons. The predicted molar refractivity (Wildman–Crippen MR) is 188 cm³/mol. The number of ether oxygens (including phenoxy) is 2. The Balaban J connectivity index is 1.59. The van der Waals surface area contributed by atoms with E-state index in [1.54, 1.807) is 18.6 Å². The van der Waals surface area contributed by atoms with Crippen LogP contribution in [0.3, 0.4) is 0 Å². The summed E-state index contributed by atoms with van der Waals surface area (Å²) in [5.74, 6) is 0.0700. The number of carbonyl (C=O) groups excluding carboxylic acids is 1. The van der Waals surface area contributed by atoms with Gasteiger partial charge in [-0.25, -0.2) is 9.79 Å². The second-order valence-electron chi connectivity index (χ2n) is 11.0. The third kappa shape index (κ3) is 5.87. The van der Waals surface area contributed by atoms with Gasteiger partial charge in [0, 0.05) is 43.8 Å². The zero-order valence-corrected chi connectivity index (χ0v) is 29.1. The number of carbonyl (C=O) groups is 1. The third-order valence-electron chi connectivity index (χ3n) is 8.19. The highest BCUT2D eigenvalue weighted by atomic mass is 79.9. The van der Waals surface area contributed by atoms with Gasteiger partial charge in [-0.3, -0.25) is 9.36 Å². The molecule has 1 aliphatic rings. The second-order valence-corrected chi connectivity index (χ2v) is 13.4. The average molecular weight is 719 g/mol. The van der Waals surface area contributed by atoms with Crippen LogP contribution in [-0.4, -0.2) is 28.8 Å². The molecule has 3 heterocycles. The minimum Gasteiger partial charge on any atom is -0.496 e. The lowest BCUT2D eigenvalue weighted by molar-refractivity contribution is -0.139. The molecule has 0 radical (unpaired) electrons. The van der Waals surface area contributed by atoms with E-state index >= 15 is 0 Å². The standard InChI is InChI=1S/C36H33BrClN3O4S/c1-5-9-28-32(35(43)45-6-2)33(27-18-23(37)14-17-30(27)44-4)41-34(42)31(46-36(41)39-28)19-26-21(3)40(29-11-8-7-10-25(26)29)20-22-12-15-24(38)16-13-22/h7-8,10-19,33H,5-6,9,20H2,1-4H3/b31-19+/t33-/m1/s1. The number of thiazole rings is 1. The molecule has 3 aromatic carbocycles. The zero-order valence-electron chi connectivity index (χ0n) is 26.0. The number of halogens is 2. The molecule has 5 aromatic rings. The highest BCUT2D eigenvalue weighted by molar-refractivity contribution is 9.10. The van der Waals surface area contributed by atoms with Crippen LogP contribution >= 0.6 is 38.9 Å². The molecule has 1 aliphatic heterocycles. The van der Waals surface area contributed by atoms with E-state index in [0.29, 0.717) is 49.9 Å². The number of para-hydroxylation sites is 1. The largest absolute Gasteiger partial charge is 0.496 e. The Kier molecular flexibility index (Phi) is 9.36. The molecule has 1 atom stereocenters. The number of rotatable bonds is 9. The molecule has 0 aliphatic carbocycles. The number of esters is 1. The molecular weight excluding hydrogens is 686 g/mol. The Morgan fingerprint density at radius 2 is 1.87 bits per heavy atom. The van der Waals surface area contributed by atoms with Crippen molar-refractivity contribution in [1.29, 1.82) is 0 Å². The SMILES string of the molecule is CCCC1=C(C(=O)OCC)[C@@H](c2cc(Br)ccc2OC)n2c(s/c(=C/c3c(C)n(Cc4ccc(Cl)cc4)c4ccccc34)c2=O)=N1. The van der Waals surface area contributed by atoms with Crippen molar-refractivity contribution in [1.82, 2.24) is 9.13 Å². The van der Waals surface area contributed by atoms with Crippen LogP contribution in [0.5, 0.6) is 5.75 Å². The maximum atomic E-state index is 14.5. The van der Waals surface area contributed by atoms with Gasteiger partial charge in [-0.15, -0.1) is 0 Å². The van der Waals surface area contributed by atoms with Gasteiger partial charge in [0.25, 0.3) is 5.56 Å². The summed E-state index contributed by atoms with van der Waals surface area (Å²) >= 11 is 11.1. The first kappa shape index (κ1) is 32.0. The quantitative estimate of drug-likeness (QED) is 0.150. The van der Waals surface area contributed by atoms with Gasteiger partial charge < -0.3 is 14.0 Å². The van der Waals surface area contributed by atoms with E-state index in [-0.39, 0.29) is 12.2 Å². The van der Waals surface area contributed by atoms with Crippen molar-refractivity contribution >= 4 is 61.8 Å². The summed E-state index contributed by atoms with van der Waals surface area (Å²) < 4.78 is 16.5. The van der Waals surface area contributed by atoms with Crippen molar-refractivity contribution < 1.29 is 14.3 Å². The number of allylic oxidation sites excluding steroid dienone is 1. The lowest BCUT2D eigenvalue weighted by Gasteiger charge is -2.27. The smallest absolute Gasteiger partial charge is 0.338 e. The van der Waals surface area contributed by atoms with Crippen LogP contribution in [0.1, 0.15) is 55.1 Å². The van der Waals surface area contributed by atoms with Gasteiger partial charge in [-0.2, -0.15) is 0 Å². The molecule has 0 amide bonds. The van der Waals surface area contributed by atoms with Gasteiger partial charge >= 0.3 is 5.97 Å². The van der Waals surface area contributed by atoms with Crippen molar-refractivity contribution in [2.45, 2.75) is 46.2 Å². The van der Waals surface area contributed by atoms with Crippen LogP contribution in [0.25, 0.3) is 17.0 Å². The summed E-state index contributed by atoms with van der Waals surface area (Å²) in [5, 5.41) is 1.74. The van der Waals surface area contributed by atoms with E-state index < -0.39 is 12.0 Å². The highest BCUT2D eigenvalue weighted by Crippen LogP contribution is 2.38. The number of fused-ring (bicyclic) bond motifs is 2. The van der Waals surface area contributed by atoms with Gasteiger partial charge in [-0.05, 0) is 68.3 Å². The molecule has 0 bridgehead atoms. The summed E-state index contributed by atoms with van der Waals surface area (Å²) in [7, 11) is 1.58. The molecule has 7 nitrogen and oxygen atoms in total. The lowest BCUT2D eigenvalue weighted by Crippen LogP contribution is -2.40. The molecule has 6 rings (SSSR count). The van der Waals surface area contributed by atoms with Crippen molar-refractivity contribution in [3.63, 3.8) is 0 Å². The number of hydrogen-bond donors (Lipinski definition) is 0. The Morgan fingerprint density at radius 3 is 2.59 bits per heavy atom. The van der Waals surface area contributed by atoms with Crippen molar-refractivity contribution in [3.05, 3.63) is 130 Å². The molecule has 0 unspecified atom stereocenters. The molecule has 10 heteroatoms. The predicted octanol–water partition coefficient (Wildman–Crippen LogP) is 7.31. The second kappa shape index (κ2) is 13.4. The Bertz CT molecular complexity index is 2180. The molecule has 0 saturated carbocycles. The van der Waals surface area contributed by atoms with E-state index in [2.05, 4.69) is 39.6 Å². The molecule has 2 aromatic heterocycles. The van der Waals surface area contributed by atoms with Crippen LogP contribution in [0.4, 0.5) is 0 Å². The van der Waals surface area contributed by atoms with Gasteiger partial charge in [0.2, 0.25) is 0 Å². The molecule has 0 fully saturated rings. The van der Waals surface area contributed by atoms with Crippen LogP contribution < -0.4 is 19.6 Å². The van der Waals surface area contributed by atoms with Crippen molar-refractivity contribution in [2.24, 2.45) is 4.99 Å². The maximum absolute atomic E-state index is 14.5. The van der Waals surface area contributed by atoms with Crippen LogP contribution in [0.15, 0.2) is 92.3 Å². The van der Waals surface area contributed by atoms with E-state index in [1.807, 2.05) is 67.6 Å². The third-order valence-corrected chi connectivity index (χ3v) is 9.92. The summed E-state index contributed by atoms with van der Waals surface area (Å²) in [6.45, 7) is 6.75. The molecule has 46 heavy (non-hydrogen) atoms. The number of aromatic nitrogens is 2. The monoisotopic (exact) mass is 717 g/mol. The van der Waals surface area contributed by atoms with Gasteiger partial charge in [0.05, 0.1) is 29.5 Å². The van der Waals surface area contributed by atoms with Gasteiger partial charge in [0.15, 0.2) is 4.80 Å². The van der Waals surface area contributed by atoms with E-state index in [9.17, 15) is 9.59 Å². The first-order valence-electron chi connectivity index (χ1n) is 15.1. The van der Waals surface area contributed by atoms with Crippen LogP contribution in [0.2, 0.25) is 5.02 Å². The number of methoxy groups -OCH3 is 1. The van der Waals surface area contributed by atoms with E-state index in [1.165, 1.54) is 11.3 Å². The summed E-state index contributed by atoms with van der Waals surface area (Å²) in [6, 6.07) is 20.9. The highest BCUT2D eigenvalue weighted by Gasteiger charge is 2.36. The van der Waals surface area contributed by atoms with E-state index in [4.69, 9.17) is 26.1 Å². The normalized spacial score (nSPS) is 14.8. The van der Waals surface area contributed by atoms with Crippen LogP contribution in [0, 0.1) is 6.92 Å². The number of benzene rings is 3. The fourth-order valence-corrected chi connectivity index (χ4v) is 7.59. The minimum absolute atomic E-state index is 0.202. The number of hydrogen-bond acceptors (Lipinski definition) is 6. The Morgan fingerprint density at radius 1 is 1.11 bits per heavy atom. The van der Waals surface area contributed by atoms with Crippen LogP contribution in [-0.2, 0) is 16.1 Å². The summed E-state index contributed by atoms with van der Waals surface area (Å²) in [6.07, 6.45) is 3.29. The Labute approximate surface area is 284 Å². The maximum Gasteiger partial charge on any atom is 0.338 e. The first-order valence-corrected chi connectivity index (χ1v) is 17.1. The summed E-state index contributed by atoms with van der Waals surface area (Å²) in [5.41, 5.74) is 5.61. The number of nitrogens with zero attached hydrogens (tertiary/aromatic N) is 3. The van der Waals surface area contributed by atoms with E-state index in [0.717, 1.165) is 38.6 Å². The lowest BCUT2D eigenvalue weighted by atomic mass is 9.93. The minimum atomic E-state index is -0.779. The van der Waals surface area contributed by atoms with Gasteiger partial charge in [0.1, 0.15) is 11.8 Å². The molecule has 0 N–H and O–H groups in total. The zero-order chi connectivity index (χ0) is 32.5. The molecule has 0 saturated heterocycles. The molecule has 0 spiro atoms. The van der Waals surface area contributed by atoms with Crippen molar-refractivity contribution in [3.8, 4) is 5.75 Å². The van der Waals surface area contributed by atoms with Gasteiger partial charge in [-0.1, -0.05) is 82.5 Å². The topological polar surface area (TPSA) is 74.8 Å². The fraction of sp³-hybridized carbons (Fsp3) is 0.250. The Hall–Kier alpha value is -3.92. The molecular formula is C36H33BrClN3O4S. The summed E-state index contributed by atoms with van der Waals surface area (Å²) in [4.78, 5) is 33.6.